The van der Waals surface area contributed by atoms with Gasteiger partial charge in [-0.25, -0.2) is 4.98 Å². The van der Waals surface area contributed by atoms with E-state index in [0.717, 1.165) is 17.4 Å². The first kappa shape index (κ1) is 19.6. The van der Waals surface area contributed by atoms with E-state index in [4.69, 9.17) is 9.47 Å². The SMILES string of the molecule is C[Si](C)(C)CCOCOCCC(O)(c1nccs1)C(F)(F)F. The van der Waals surface area contributed by atoms with E-state index in [-0.39, 0.29) is 18.4 Å². The lowest BCUT2D eigenvalue weighted by Gasteiger charge is -2.28. The number of nitrogens with zero attached hydrogens (tertiary/aromatic N) is 1. The average Bonchev–Trinajstić information content (AvgIpc) is 2.88. The van der Waals surface area contributed by atoms with Gasteiger partial charge in [-0.05, 0) is 6.04 Å². The highest BCUT2D eigenvalue weighted by atomic mass is 32.1. The zero-order valence-electron chi connectivity index (χ0n) is 12.9. The Morgan fingerprint density at radius 3 is 2.36 bits per heavy atom. The van der Waals surface area contributed by atoms with Crippen LogP contribution in [0.4, 0.5) is 13.2 Å². The van der Waals surface area contributed by atoms with Crippen molar-refractivity contribution in [3.05, 3.63) is 16.6 Å². The zero-order chi connectivity index (χ0) is 16.9. The molecule has 0 aliphatic carbocycles. The molecule has 128 valence electrons. The summed E-state index contributed by atoms with van der Waals surface area (Å²) in [4.78, 5) is 3.58. The first-order chi connectivity index (χ1) is 10.1. The van der Waals surface area contributed by atoms with Crippen molar-refractivity contribution >= 4 is 19.4 Å². The van der Waals surface area contributed by atoms with Gasteiger partial charge in [-0.15, -0.1) is 11.3 Å². The van der Waals surface area contributed by atoms with Crippen molar-refractivity contribution in [2.45, 2.75) is 43.9 Å². The molecule has 0 amide bonds. The third-order valence-corrected chi connectivity index (χ3v) is 5.65. The molecule has 1 unspecified atom stereocenters. The van der Waals surface area contributed by atoms with Crippen LogP contribution in [0.2, 0.25) is 25.7 Å². The normalized spacial score (nSPS) is 15.8. The summed E-state index contributed by atoms with van der Waals surface area (Å²) in [6, 6.07) is 0.960. The third kappa shape index (κ3) is 5.96. The van der Waals surface area contributed by atoms with Gasteiger partial charge in [0.25, 0.3) is 0 Å². The van der Waals surface area contributed by atoms with Gasteiger partial charge in [-0.1, -0.05) is 19.6 Å². The van der Waals surface area contributed by atoms with Crippen molar-refractivity contribution in [3.63, 3.8) is 0 Å². The molecule has 0 bridgehead atoms. The quantitative estimate of drug-likeness (QED) is 0.417. The molecule has 1 atom stereocenters. The number of aromatic nitrogens is 1. The van der Waals surface area contributed by atoms with Gasteiger partial charge in [0.2, 0.25) is 5.60 Å². The van der Waals surface area contributed by atoms with E-state index in [9.17, 15) is 18.3 Å². The van der Waals surface area contributed by atoms with Crippen LogP contribution in [0.1, 0.15) is 11.4 Å². The number of thiazole rings is 1. The number of ether oxygens (including phenoxy) is 2. The minimum absolute atomic E-state index is 0.0731. The van der Waals surface area contributed by atoms with E-state index in [1.165, 1.54) is 11.6 Å². The maximum atomic E-state index is 13.1. The van der Waals surface area contributed by atoms with Crippen LogP contribution in [0.15, 0.2) is 11.6 Å². The largest absolute Gasteiger partial charge is 0.423 e. The number of hydrogen-bond acceptors (Lipinski definition) is 5. The molecule has 0 fully saturated rings. The maximum Gasteiger partial charge on any atom is 0.423 e. The Morgan fingerprint density at radius 2 is 1.86 bits per heavy atom. The highest BCUT2D eigenvalue weighted by Gasteiger charge is 2.56. The summed E-state index contributed by atoms with van der Waals surface area (Å²) in [5, 5.41) is 10.9. The van der Waals surface area contributed by atoms with Crippen LogP contribution < -0.4 is 0 Å². The van der Waals surface area contributed by atoms with Gasteiger partial charge >= 0.3 is 6.18 Å². The van der Waals surface area contributed by atoms with E-state index >= 15 is 0 Å². The first-order valence-corrected chi connectivity index (χ1v) is 11.5. The Morgan fingerprint density at radius 1 is 1.23 bits per heavy atom. The standard InChI is InChI=1S/C13H22F3NO3SSi/c1-22(2,3)9-7-20-10-19-6-4-12(18,13(14,15)16)11-17-5-8-21-11/h5,8,18H,4,6-7,9-10H2,1-3H3. The molecule has 0 radical (unpaired) electrons. The molecule has 22 heavy (non-hydrogen) atoms. The molecular formula is C13H22F3NO3SSi. The molecule has 1 aromatic heterocycles. The predicted octanol–water partition coefficient (Wildman–Crippen LogP) is 3.61. The van der Waals surface area contributed by atoms with Crippen LogP contribution in [0.5, 0.6) is 0 Å². The van der Waals surface area contributed by atoms with E-state index < -0.39 is 26.3 Å². The Kier molecular flexibility index (Phi) is 7.00. The van der Waals surface area contributed by atoms with Crippen molar-refractivity contribution in [2.75, 3.05) is 20.0 Å². The predicted molar refractivity (Wildman–Crippen MR) is 81.6 cm³/mol. The highest BCUT2D eigenvalue weighted by molar-refractivity contribution is 7.09. The van der Waals surface area contributed by atoms with Crippen LogP contribution in [-0.2, 0) is 15.1 Å². The third-order valence-electron chi connectivity index (χ3n) is 3.03. The summed E-state index contributed by atoms with van der Waals surface area (Å²) in [6.45, 7) is 6.81. The molecule has 1 aromatic rings. The zero-order valence-corrected chi connectivity index (χ0v) is 14.8. The fourth-order valence-electron chi connectivity index (χ4n) is 1.57. The van der Waals surface area contributed by atoms with Crippen LogP contribution in [0, 0.1) is 0 Å². The molecule has 1 N–H and O–H groups in total. The molecule has 0 aliphatic rings. The van der Waals surface area contributed by atoms with E-state index in [1.807, 2.05) is 0 Å². The van der Waals surface area contributed by atoms with Gasteiger partial charge in [0.15, 0.2) is 0 Å². The van der Waals surface area contributed by atoms with Gasteiger partial charge < -0.3 is 14.6 Å². The van der Waals surface area contributed by atoms with Gasteiger partial charge in [0.1, 0.15) is 11.8 Å². The molecule has 0 saturated carbocycles. The van der Waals surface area contributed by atoms with E-state index in [0.29, 0.717) is 6.61 Å². The molecule has 0 aliphatic heterocycles. The summed E-state index contributed by atoms with van der Waals surface area (Å²) >= 11 is 0.768. The number of aliphatic hydroxyl groups is 1. The summed E-state index contributed by atoms with van der Waals surface area (Å²) < 4.78 is 49.5. The second-order valence-corrected chi connectivity index (χ2v) is 12.7. The van der Waals surface area contributed by atoms with Crippen molar-refractivity contribution in [1.82, 2.24) is 4.98 Å². The van der Waals surface area contributed by atoms with Crippen LogP contribution in [0.3, 0.4) is 0 Å². The van der Waals surface area contributed by atoms with Crippen LogP contribution in [0.25, 0.3) is 0 Å². The molecule has 0 spiro atoms. The fourth-order valence-corrected chi connectivity index (χ4v) is 3.11. The van der Waals surface area contributed by atoms with Gasteiger partial charge in [0, 0.05) is 32.7 Å². The van der Waals surface area contributed by atoms with Crippen LogP contribution in [-0.4, -0.2) is 44.3 Å². The smallest absolute Gasteiger partial charge is 0.374 e. The second kappa shape index (κ2) is 7.87. The van der Waals surface area contributed by atoms with Crippen molar-refractivity contribution in [1.29, 1.82) is 0 Å². The summed E-state index contributed by atoms with van der Waals surface area (Å²) in [7, 11) is -1.19. The topological polar surface area (TPSA) is 51.6 Å². The number of alkyl halides is 3. The maximum absolute atomic E-state index is 13.1. The molecule has 4 nitrogen and oxygen atoms in total. The first-order valence-electron chi connectivity index (χ1n) is 6.91. The lowest BCUT2D eigenvalue weighted by molar-refractivity contribution is -0.273. The Balaban J connectivity index is 2.37. The van der Waals surface area contributed by atoms with Gasteiger partial charge in [-0.3, -0.25) is 0 Å². The van der Waals surface area contributed by atoms with E-state index in [1.54, 1.807) is 0 Å². The monoisotopic (exact) mass is 357 g/mol. The number of halogens is 3. The minimum Gasteiger partial charge on any atom is -0.374 e. The molecule has 9 heteroatoms. The highest BCUT2D eigenvalue weighted by Crippen LogP contribution is 2.42. The Labute approximate surface area is 133 Å². The van der Waals surface area contributed by atoms with E-state index in [2.05, 4.69) is 24.6 Å². The minimum atomic E-state index is -4.80. The van der Waals surface area contributed by atoms with Gasteiger partial charge in [0.05, 0.1) is 6.61 Å². The summed E-state index contributed by atoms with van der Waals surface area (Å²) in [5.41, 5.74) is -2.97. The van der Waals surface area contributed by atoms with Crippen molar-refractivity contribution < 1.29 is 27.8 Å². The van der Waals surface area contributed by atoms with Gasteiger partial charge in [-0.2, -0.15) is 13.2 Å². The molecule has 1 rings (SSSR count). The number of hydrogen-bond donors (Lipinski definition) is 1. The summed E-state index contributed by atoms with van der Waals surface area (Å²) in [5.74, 6) is 0. The molecular weight excluding hydrogens is 335 g/mol. The molecule has 1 heterocycles. The lowest BCUT2D eigenvalue weighted by Crippen LogP contribution is -2.43. The Bertz CT molecular complexity index is 437. The lowest BCUT2D eigenvalue weighted by atomic mass is 10.0. The van der Waals surface area contributed by atoms with Crippen LogP contribution >= 0.6 is 11.3 Å². The Hall–Kier alpha value is -0.483. The second-order valence-electron chi connectivity index (χ2n) is 6.19. The number of rotatable bonds is 9. The van der Waals surface area contributed by atoms with Crippen molar-refractivity contribution in [3.8, 4) is 0 Å². The van der Waals surface area contributed by atoms with Crippen molar-refractivity contribution in [2.24, 2.45) is 0 Å². The molecule has 0 saturated heterocycles. The molecule has 0 aromatic carbocycles. The summed E-state index contributed by atoms with van der Waals surface area (Å²) in [6.07, 6.45) is -4.18. The average molecular weight is 357 g/mol. The fraction of sp³-hybridized carbons (Fsp3) is 0.769.